The van der Waals surface area contributed by atoms with Gasteiger partial charge in [0.25, 0.3) is 0 Å². The second kappa shape index (κ2) is 20.7. The molecule has 0 saturated carbocycles. The third kappa shape index (κ3) is 12.3. The fraction of sp³-hybridized carbons (Fsp3) is 0.440. The fourth-order valence-electron chi connectivity index (χ4n) is 8.11. The quantitative estimate of drug-likeness (QED) is 0.0792. The molecule has 0 atom stereocenters. The molecule has 6 rings (SSSR count). The molecule has 4 amide bonds. The number of amides is 4. The van der Waals surface area contributed by atoms with Crippen LogP contribution in [0.25, 0.3) is 22.3 Å². The Morgan fingerprint density at radius 2 is 0.758 bits per heavy atom. The number of benzene rings is 4. The van der Waals surface area contributed by atoms with Gasteiger partial charge in [0.05, 0.1) is 0 Å². The van der Waals surface area contributed by atoms with Crippen LogP contribution in [0.15, 0.2) is 97.1 Å². The average Bonchev–Trinajstić information content (AvgIpc) is 3.72. The molecule has 62 heavy (non-hydrogen) atoms. The Morgan fingerprint density at radius 1 is 0.468 bits per heavy atom. The van der Waals surface area contributed by atoms with Crippen molar-refractivity contribution < 1.29 is 38.1 Å². The summed E-state index contributed by atoms with van der Waals surface area (Å²) in [7, 11) is 0. The summed E-state index contributed by atoms with van der Waals surface area (Å²) >= 11 is 0. The molecule has 0 fully saturated rings. The molecule has 2 aliphatic carbocycles. The maximum atomic E-state index is 13.8. The Balaban J connectivity index is 1.08. The lowest BCUT2D eigenvalue weighted by atomic mass is 9.98. The summed E-state index contributed by atoms with van der Waals surface area (Å²) in [6.07, 6.45) is 0.219. The van der Waals surface area contributed by atoms with Gasteiger partial charge in [-0.3, -0.25) is 0 Å². The number of unbranched alkanes of at least 4 members (excludes halogenated alkanes) is 1. The lowest BCUT2D eigenvalue weighted by Crippen LogP contribution is -2.38. The van der Waals surface area contributed by atoms with Crippen LogP contribution in [-0.4, -0.2) is 97.9 Å². The Morgan fingerprint density at radius 3 is 1.06 bits per heavy atom. The summed E-state index contributed by atoms with van der Waals surface area (Å²) in [6, 6.07) is 32.9. The molecule has 330 valence electrons. The lowest BCUT2D eigenvalue weighted by molar-refractivity contribution is 0.0512. The molecule has 0 unspecified atom stereocenters. The molecule has 0 heterocycles. The summed E-state index contributed by atoms with van der Waals surface area (Å²) in [6.45, 7) is 13.3. The van der Waals surface area contributed by atoms with E-state index in [1.165, 1.54) is 0 Å². The van der Waals surface area contributed by atoms with Crippen LogP contribution in [0, 0.1) is 0 Å². The summed E-state index contributed by atoms with van der Waals surface area (Å²) in [5.41, 5.74) is 7.86. The largest absolute Gasteiger partial charge is 0.448 e. The molecular weight excluding hydrogens is 785 g/mol. The van der Waals surface area contributed by atoms with Gasteiger partial charge in [-0.15, -0.1) is 0 Å². The first-order chi connectivity index (χ1) is 29.7. The van der Waals surface area contributed by atoms with Crippen molar-refractivity contribution >= 4 is 24.4 Å². The van der Waals surface area contributed by atoms with Crippen LogP contribution in [0.2, 0.25) is 0 Å². The third-order valence-electron chi connectivity index (χ3n) is 10.8. The normalized spacial score (nSPS) is 12.9. The predicted octanol–water partition coefficient (Wildman–Crippen LogP) is 10.1. The van der Waals surface area contributed by atoms with Gasteiger partial charge in [-0.25, -0.2) is 19.2 Å². The van der Waals surface area contributed by atoms with E-state index in [-0.39, 0.29) is 25.0 Å². The first kappa shape index (κ1) is 45.5. The molecule has 4 aromatic rings. The van der Waals surface area contributed by atoms with Crippen molar-refractivity contribution in [1.82, 2.24) is 20.4 Å². The lowest BCUT2D eigenvalue weighted by Gasteiger charge is -2.26. The van der Waals surface area contributed by atoms with Crippen molar-refractivity contribution in [3.8, 4) is 22.3 Å². The molecule has 0 spiro atoms. The fourth-order valence-corrected chi connectivity index (χ4v) is 8.11. The van der Waals surface area contributed by atoms with E-state index in [2.05, 4.69) is 59.2 Å². The van der Waals surface area contributed by atoms with Crippen LogP contribution >= 0.6 is 0 Å². The van der Waals surface area contributed by atoms with Crippen molar-refractivity contribution in [2.24, 2.45) is 0 Å². The highest BCUT2D eigenvalue weighted by Crippen LogP contribution is 2.45. The Labute approximate surface area is 366 Å². The van der Waals surface area contributed by atoms with Gasteiger partial charge in [0.15, 0.2) is 0 Å². The molecule has 2 N–H and O–H groups in total. The predicted molar refractivity (Wildman–Crippen MR) is 240 cm³/mol. The second-order valence-corrected chi connectivity index (χ2v) is 17.9. The summed E-state index contributed by atoms with van der Waals surface area (Å²) in [5.74, 6) is -0.171. The molecular formula is C50H62N4O8. The van der Waals surface area contributed by atoms with E-state index < -0.39 is 35.6 Å². The van der Waals surface area contributed by atoms with E-state index in [4.69, 9.17) is 18.9 Å². The number of nitrogens with zero attached hydrogens (tertiary/aromatic N) is 2. The molecule has 0 radical (unpaired) electrons. The molecule has 0 saturated heterocycles. The van der Waals surface area contributed by atoms with Gasteiger partial charge < -0.3 is 39.4 Å². The monoisotopic (exact) mass is 846 g/mol. The van der Waals surface area contributed by atoms with Crippen molar-refractivity contribution in [2.75, 3.05) is 52.5 Å². The third-order valence-corrected chi connectivity index (χ3v) is 10.8. The van der Waals surface area contributed by atoms with Gasteiger partial charge in [-0.2, -0.15) is 0 Å². The van der Waals surface area contributed by atoms with Crippen LogP contribution in [0.5, 0.6) is 0 Å². The number of hydrogen-bond donors (Lipinski definition) is 2. The van der Waals surface area contributed by atoms with Crippen molar-refractivity contribution in [3.63, 3.8) is 0 Å². The number of rotatable bonds is 17. The summed E-state index contributed by atoms with van der Waals surface area (Å²) in [4.78, 5) is 55.7. The molecule has 12 heteroatoms. The summed E-state index contributed by atoms with van der Waals surface area (Å²) < 4.78 is 22.9. The molecule has 2 aliphatic rings. The van der Waals surface area contributed by atoms with Gasteiger partial charge in [0.1, 0.15) is 24.4 Å². The highest BCUT2D eigenvalue weighted by molar-refractivity contribution is 5.80. The number of hydrogen-bond acceptors (Lipinski definition) is 8. The van der Waals surface area contributed by atoms with E-state index in [0.29, 0.717) is 65.0 Å². The van der Waals surface area contributed by atoms with Gasteiger partial charge in [-0.1, -0.05) is 97.1 Å². The molecule has 0 aliphatic heterocycles. The van der Waals surface area contributed by atoms with Gasteiger partial charge in [0, 0.05) is 51.1 Å². The van der Waals surface area contributed by atoms with Crippen LogP contribution in [0.4, 0.5) is 19.2 Å². The number of carbonyl (C=O) groups is 4. The number of carbonyl (C=O) groups excluding carboxylic acids is 4. The first-order valence-corrected chi connectivity index (χ1v) is 21.8. The van der Waals surface area contributed by atoms with Gasteiger partial charge >= 0.3 is 24.4 Å². The van der Waals surface area contributed by atoms with Crippen molar-refractivity contribution in [2.45, 2.75) is 90.3 Å². The molecule has 4 aromatic carbocycles. The van der Waals surface area contributed by atoms with Crippen LogP contribution in [0.1, 0.15) is 101 Å². The van der Waals surface area contributed by atoms with E-state index in [1.54, 1.807) is 51.3 Å². The number of ether oxygens (including phenoxy) is 4. The number of nitrogens with one attached hydrogen (secondary N) is 2. The number of fused-ring (bicyclic) bond motifs is 6. The van der Waals surface area contributed by atoms with Gasteiger partial charge in [-0.05, 0) is 112 Å². The second-order valence-electron chi connectivity index (χ2n) is 17.9. The van der Waals surface area contributed by atoms with Crippen LogP contribution < -0.4 is 10.6 Å². The average molecular weight is 847 g/mol. The van der Waals surface area contributed by atoms with Gasteiger partial charge in [0.2, 0.25) is 0 Å². The van der Waals surface area contributed by atoms with E-state index in [0.717, 1.165) is 44.5 Å². The highest BCUT2D eigenvalue weighted by Gasteiger charge is 2.31. The van der Waals surface area contributed by atoms with Crippen LogP contribution in [0.3, 0.4) is 0 Å². The standard InChI is InChI=1S/C50H62N4O8/c1-49(2,3)61-45(55)51-27-17-31-53(47(57)59-33-43-39-23-11-7-19-35(39)36-20-8-12-24-40(36)43)29-15-16-30-54(32-18-28-52-46(56)62-50(4,5)6)48(58)60-34-44-41-25-13-9-21-37(41)38-22-10-14-26-42(38)44/h7-14,19-26,43-44H,15-18,27-34H2,1-6H3,(H,51,55)(H,52,56). The first-order valence-electron chi connectivity index (χ1n) is 21.8. The Kier molecular flexibility index (Phi) is 15.2. The smallest absolute Gasteiger partial charge is 0.409 e. The zero-order valence-electron chi connectivity index (χ0n) is 37.0. The topological polar surface area (TPSA) is 136 Å². The maximum Gasteiger partial charge on any atom is 0.409 e. The maximum absolute atomic E-state index is 13.8. The van der Waals surface area contributed by atoms with Crippen LogP contribution in [-0.2, 0) is 18.9 Å². The minimum Gasteiger partial charge on any atom is -0.448 e. The molecule has 0 aromatic heterocycles. The Bertz CT molecular complexity index is 1930. The van der Waals surface area contributed by atoms with Crippen molar-refractivity contribution in [3.05, 3.63) is 119 Å². The Hall–Kier alpha value is -6.04. The summed E-state index contributed by atoms with van der Waals surface area (Å²) in [5, 5.41) is 5.56. The van der Waals surface area contributed by atoms with E-state index in [9.17, 15) is 19.2 Å². The van der Waals surface area contributed by atoms with E-state index in [1.807, 2.05) is 48.5 Å². The number of alkyl carbamates (subject to hydrolysis) is 2. The minimum atomic E-state index is -0.625. The molecule has 0 bridgehead atoms. The zero-order valence-corrected chi connectivity index (χ0v) is 37.0. The molecule has 12 nitrogen and oxygen atoms in total. The SMILES string of the molecule is CC(C)(C)OC(=O)NCCCN(CCCCN(CCCNC(=O)OC(C)(C)C)C(=O)OCC1c2ccccc2-c2ccccc21)C(=O)OCC1c2ccccc2-c2ccccc21. The zero-order chi connectivity index (χ0) is 44.3. The van der Waals surface area contributed by atoms with Crippen molar-refractivity contribution in [1.29, 1.82) is 0 Å². The van der Waals surface area contributed by atoms with E-state index >= 15 is 0 Å². The minimum absolute atomic E-state index is 0.0856. The highest BCUT2D eigenvalue weighted by atomic mass is 16.6.